The van der Waals surface area contributed by atoms with Crippen molar-refractivity contribution in [1.29, 1.82) is 0 Å². The van der Waals surface area contributed by atoms with Crippen LogP contribution in [0.25, 0.3) is 0 Å². The molecule has 0 bridgehead atoms. The first-order valence-electron chi connectivity index (χ1n) is 3.98. The highest BCUT2D eigenvalue weighted by molar-refractivity contribution is 7.10. The fourth-order valence-electron chi connectivity index (χ4n) is 0.996. The summed E-state index contributed by atoms with van der Waals surface area (Å²) >= 11 is 0.983. The van der Waals surface area contributed by atoms with Gasteiger partial charge in [-0.05, 0) is 11.4 Å². The molecule has 1 aromatic heterocycles. The molecule has 84 valence electrons. The Hall–Kier alpha value is -1.18. The van der Waals surface area contributed by atoms with Gasteiger partial charge in [0.15, 0.2) is 0 Å². The van der Waals surface area contributed by atoms with E-state index in [0.717, 1.165) is 11.3 Å². The van der Waals surface area contributed by atoms with E-state index in [9.17, 15) is 14.3 Å². The van der Waals surface area contributed by atoms with Gasteiger partial charge in [-0.25, -0.2) is 9.18 Å². The topological polar surface area (TPSA) is 92.8 Å². The van der Waals surface area contributed by atoms with E-state index in [-0.39, 0.29) is 4.88 Å². The Morgan fingerprint density at radius 1 is 1.80 bits per heavy atom. The van der Waals surface area contributed by atoms with Crippen LogP contribution in [0.4, 0.5) is 9.18 Å². The van der Waals surface area contributed by atoms with Gasteiger partial charge in [-0.2, -0.15) is 0 Å². The van der Waals surface area contributed by atoms with Crippen LogP contribution < -0.4 is 5.73 Å². The molecule has 0 aliphatic carbocycles. The molecule has 0 radical (unpaired) electrons. The van der Waals surface area contributed by atoms with Crippen molar-refractivity contribution >= 4 is 17.4 Å². The lowest BCUT2D eigenvalue weighted by Gasteiger charge is -2.26. The van der Waals surface area contributed by atoms with Crippen molar-refractivity contribution in [2.75, 3.05) is 6.61 Å². The second-order valence-electron chi connectivity index (χ2n) is 2.79. The summed E-state index contributed by atoms with van der Waals surface area (Å²) in [6.07, 6.45) is -3.44. The van der Waals surface area contributed by atoms with Crippen LogP contribution in [0.1, 0.15) is 4.88 Å². The average Bonchev–Trinajstić information content (AvgIpc) is 2.68. The molecule has 0 aliphatic heterocycles. The largest absolute Gasteiger partial charge is 0.416 e. The quantitative estimate of drug-likeness (QED) is 0.655. The van der Waals surface area contributed by atoms with Gasteiger partial charge in [-0.15, -0.1) is 11.3 Å². The van der Waals surface area contributed by atoms with E-state index in [0.29, 0.717) is 0 Å². The van der Waals surface area contributed by atoms with Gasteiger partial charge in [0.1, 0.15) is 0 Å². The van der Waals surface area contributed by atoms with Crippen molar-refractivity contribution < 1.29 is 24.1 Å². The van der Waals surface area contributed by atoms with E-state index in [1.807, 2.05) is 0 Å². The van der Waals surface area contributed by atoms with Crippen molar-refractivity contribution in [2.45, 2.75) is 12.0 Å². The molecule has 1 amide bonds. The Morgan fingerprint density at radius 3 is 2.87 bits per heavy atom. The maximum atomic E-state index is 14.0. The zero-order chi connectivity index (χ0) is 11.5. The van der Waals surface area contributed by atoms with Crippen LogP contribution in [0.5, 0.6) is 0 Å². The first-order chi connectivity index (χ1) is 7.00. The van der Waals surface area contributed by atoms with Gasteiger partial charge in [0, 0.05) is 0 Å². The van der Waals surface area contributed by atoms with E-state index in [2.05, 4.69) is 10.5 Å². The van der Waals surface area contributed by atoms with Crippen LogP contribution in [0, 0.1) is 0 Å². The molecule has 0 aromatic carbocycles. The Kier molecular flexibility index (Phi) is 3.61. The number of carbonyl (C=O) groups excluding carboxylic acids is 1. The number of carbonyl (C=O) groups is 1. The van der Waals surface area contributed by atoms with Crippen LogP contribution in [0.15, 0.2) is 17.5 Å². The molecule has 0 fully saturated rings. The Labute approximate surface area is 88.9 Å². The lowest BCUT2D eigenvalue weighted by molar-refractivity contribution is -0.165. The molecule has 7 heteroatoms. The number of aliphatic hydroxyl groups excluding tert-OH is 2. The average molecular weight is 235 g/mol. The molecule has 4 N–H and O–H groups in total. The van der Waals surface area contributed by atoms with E-state index < -0.39 is 24.7 Å². The van der Waals surface area contributed by atoms with Crippen molar-refractivity contribution in [1.82, 2.24) is 0 Å². The SMILES string of the molecule is NC(=O)OC(O)C(F)(CO)c1cccs1. The number of halogens is 1. The molecule has 0 saturated heterocycles. The third kappa shape index (κ3) is 2.44. The summed E-state index contributed by atoms with van der Waals surface area (Å²) in [4.78, 5) is 10.4. The molecule has 2 atom stereocenters. The van der Waals surface area contributed by atoms with Crippen LogP contribution in [0.3, 0.4) is 0 Å². The fourth-order valence-corrected chi connectivity index (χ4v) is 1.82. The van der Waals surface area contributed by atoms with Crippen molar-refractivity contribution in [3.05, 3.63) is 22.4 Å². The molecule has 0 saturated carbocycles. The van der Waals surface area contributed by atoms with Gasteiger partial charge >= 0.3 is 6.09 Å². The van der Waals surface area contributed by atoms with Gasteiger partial charge in [-0.3, -0.25) is 0 Å². The number of ether oxygens (including phenoxy) is 1. The predicted molar refractivity (Wildman–Crippen MR) is 50.9 cm³/mol. The molecule has 0 spiro atoms. The number of amides is 1. The third-order valence-electron chi connectivity index (χ3n) is 1.78. The van der Waals surface area contributed by atoms with E-state index in [4.69, 9.17) is 5.11 Å². The van der Waals surface area contributed by atoms with Crippen molar-refractivity contribution in [3.8, 4) is 0 Å². The summed E-state index contributed by atoms with van der Waals surface area (Å²) in [6, 6.07) is 2.91. The molecular weight excluding hydrogens is 225 g/mol. The smallest absolute Gasteiger partial charge is 0.406 e. The molecule has 2 unspecified atom stereocenters. The number of hydrogen-bond donors (Lipinski definition) is 3. The first-order valence-corrected chi connectivity index (χ1v) is 4.86. The normalized spacial score (nSPS) is 16.7. The van der Waals surface area contributed by atoms with Crippen molar-refractivity contribution in [3.63, 3.8) is 0 Å². The fraction of sp³-hybridized carbons (Fsp3) is 0.375. The Morgan fingerprint density at radius 2 is 2.47 bits per heavy atom. The van der Waals surface area contributed by atoms with Crippen LogP contribution in [0.2, 0.25) is 0 Å². The first kappa shape index (κ1) is 11.9. The minimum absolute atomic E-state index is 0.0544. The zero-order valence-electron chi connectivity index (χ0n) is 7.59. The summed E-state index contributed by atoms with van der Waals surface area (Å²) in [5.74, 6) is 0. The lowest BCUT2D eigenvalue weighted by atomic mass is 10.1. The molecule has 1 rings (SSSR count). The monoisotopic (exact) mass is 235 g/mol. The number of thiophene rings is 1. The Balaban J connectivity index is 2.89. The number of alkyl halides is 1. The van der Waals surface area contributed by atoms with E-state index in [1.165, 1.54) is 6.07 Å². The minimum Gasteiger partial charge on any atom is -0.416 e. The molecule has 1 aromatic rings. The van der Waals surface area contributed by atoms with Gasteiger partial charge in [-0.1, -0.05) is 6.07 Å². The van der Waals surface area contributed by atoms with Crippen LogP contribution >= 0.6 is 11.3 Å². The summed E-state index contributed by atoms with van der Waals surface area (Å²) in [7, 11) is 0. The molecule has 5 nitrogen and oxygen atoms in total. The zero-order valence-corrected chi connectivity index (χ0v) is 8.41. The molecule has 1 heterocycles. The second-order valence-corrected chi connectivity index (χ2v) is 3.73. The summed E-state index contributed by atoms with van der Waals surface area (Å²) < 4.78 is 18.1. The van der Waals surface area contributed by atoms with E-state index in [1.54, 1.807) is 11.4 Å². The number of aliphatic hydroxyl groups is 2. The van der Waals surface area contributed by atoms with Gasteiger partial charge < -0.3 is 20.7 Å². The third-order valence-corrected chi connectivity index (χ3v) is 2.80. The van der Waals surface area contributed by atoms with Gasteiger partial charge in [0.25, 0.3) is 0 Å². The highest BCUT2D eigenvalue weighted by Gasteiger charge is 2.43. The molecule has 15 heavy (non-hydrogen) atoms. The highest BCUT2D eigenvalue weighted by atomic mass is 32.1. The molecule has 0 aliphatic rings. The number of primary amides is 1. The van der Waals surface area contributed by atoms with Crippen LogP contribution in [-0.2, 0) is 10.4 Å². The van der Waals surface area contributed by atoms with Gasteiger partial charge in [0.05, 0.1) is 11.5 Å². The predicted octanol–water partition coefficient (Wildman–Crippen LogP) is 0.319. The van der Waals surface area contributed by atoms with Crippen LogP contribution in [-0.4, -0.2) is 29.2 Å². The standard InChI is InChI=1S/C8H10FNO4S/c9-8(4-11,5-2-1-3-15-5)6(12)14-7(10)13/h1-3,6,11-12H,4H2,(H2,10,13). The summed E-state index contributed by atoms with van der Waals surface area (Å²) in [5, 5.41) is 19.7. The maximum Gasteiger partial charge on any atom is 0.406 e. The minimum atomic E-state index is -2.54. The van der Waals surface area contributed by atoms with E-state index >= 15 is 0 Å². The number of hydrogen-bond acceptors (Lipinski definition) is 5. The summed E-state index contributed by atoms with van der Waals surface area (Å²) in [5.41, 5.74) is 2.09. The van der Waals surface area contributed by atoms with Crippen molar-refractivity contribution in [2.24, 2.45) is 5.73 Å². The highest BCUT2D eigenvalue weighted by Crippen LogP contribution is 2.33. The second kappa shape index (κ2) is 4.56. The summed E-state index contributed by atoms with van der Waals surface area (Å²) in [6.45, 7) is -1.01. The van der Waals surface area contributed by atoms with Gasteiger partial charge in [0.2, 0.25) is 12.0 Å². The lowest BCUT2D eigenvalue weighted by Crippen LogP contribution is -2.42. The Bertz CT molecular complexity index is 331. The molecular formula is C8H10FNO4S. The maximum absolute atomic E-state index is 14.0. The number of nitrogens with two attached hydrogens (primary N) is 1. The number of rotatable bonds is 4.